The fourth-order valence-electron chi connectivity index (χ4n) is 3.21. The molecule has 0 fully saturated rings. The summed E-state index contributed by atoms with van der Waals surface area (Å²) >= 11 is 0. The van der Waals surface area contributed by atoms with Gasteiger partial charge in [0.15, 0.2) is 0 Å². The summed E-state index contributed by atoms with van der Waals surface area (Å²) in [6.45, 7) is 0.474. The molecule has 3 N–H and O–H groups in total. The van der Waals surface area contributed by atoms with Gasteiger partial charge in [-0.25, -0.2) is 9.97 Å². The molecule has 0 aliphatic heterocycles. The Morgan fingerprint density at radius 1 is 1.00 bits per heavy atom. The van der Waals surface area contributed by atoms with Gasteiger partial charge in [-0.2, -0.15) is 10.5 Å². The number of hydrogen-bond donors (Lipinski definition) is 2. The maximum Gasteiger partial charge on any atom is 0.149 e. The Balaban J connectivity index is 1.71. The van der Waals surface area contributed by atoms with Gasteiger partial charge in [0.1, 0.15) is 29.6 Å². The van der Waals surface area contributed by atoms with E-state index in [1.54, 1.807) is 12.3 Å². The number of hydrogen-bond acceptors (Lipinski definition) is 8. The quantitative estimate of drug-likeness (QED) is 0.528. The number of anilines is 2. The van der Waals surface area contributed by atoms with Crippen LogP contribution in [0.4, 0.5) is 11.6 Å². The number of nitriles is 2. The van der Waals surface area contributed by atoms with Gasteiger partial charge >= 0.3 is 0 Å². The van der Waals surface area contributed by atoms with Crippen molar-refractivity contribution in [2.24, 2.45) is 0 Å². The van der Waals surface area contributed by atoms with E-state index in [2.05, 4.69) is 26.3 Å². The standard InChI is InChI=1S/C22H16N8/c23-11-14-4-3-6-19-15(14)10-16(18-5-1-2-8-26-18)20(30-19)7-9-27-22-17(12-24)21(25)28-13-29-22/h1-6,8,10,13H,7,9H2,(H3,25,27,28,29). The first kappa shape index (κ1) is 18.8. The van der Waals surface area contributed by atoms with Crippen LogP contribution >= 0.6 is 0 Å². The maximum atomic E-state index is 9.45. The molecule has 4 rings (SSSR count). The second kappa shape index (κ2) is 8.21. The van der Waals surface area contributed by atoms with Gasteiger partial charge in [-0.05, 0) is 30.3 Å². The lowest BCUT2D eigenvalue weighted by Gasteiger charge is -2.12. The summed E-state index contributed by atoms with van der Waals surface area (Å²) in [5, 5.41) is 22.7. The van der Waals surface area contributed by atoms with E-state index >= 15 is 0 Å². The molecule has 0 atom stereocenters. The lowest BCUT2D eigenvalue weighted by atomic mass is 10.0. The first-order chi connectivity index (χ1) is 14.7. The van der Waals surface area contributed by atoms with Crippen LogP contribution in [0.15, 0.2) is 55.0 Å². The number of nitrogens with zero attached hydrogens (tertiary/aromatic N) is 6. The third kappa shape index (κ3) is 3.58. The van der Waals surface area contributed by atoms with Crippen molar-refractivity contribution in [2.45, 2.75) is 6.42 Å². The molecule has 8 heteroatoms. The van der Waals surface area contributed by atoms with Gasteiger partial charge in [0.2, 0.25) is 0 Å². The van der Waals surface area contributed by atoms with Gasteiger partial charge in [0.05, 0.1) is 28.5 Å². The highest BCUT2D eigenvalue weighted by molar-refractivity contribution is 5.89. The summed E-state index contributed by atoms with van der Waals surface area (Å²) in [6.07, 6.45) is 3.59. The Kier molecular flexibility index (Phi) is 5.14. The summed E-state index contributed by atoms with van der Waals surface area (Å²) in [4.78, 5) is 17.2. The summed E-state index contributed by atoms with van der Waals surface area (Å²) in [5.74, 6) is 0.522. The zero-order valence-electron chi connectivity index (χ0n) is 15.9. The Morgan fingerprint density at radius 2 is 1.90 bits per heavy atom. The molecule has 0 radical (unpaired) electrons. The van der Waals surface area contributed by atoms with Gasteiger partial charge < -0.3 is 11.1 Å². The van der Waals surface area contributed by atoms with Crippen molar-refractivity contribution in [2.75, 3.05) is 17.6 Å². The van der Waals surface area contributed by atoms with Crippen LogP contribution in [0.2, 0.25) is 0 Å². The van der Waals surface area contributed by atoms with Crippen LogP contribution in [0.25, 0.3) is 22.2 Å². The van der Waals surface area contributed by atoms with Crippen molar-refractivity contribution in [1.82, 2.24) is 19.9 Å². The number of nitrogens with two attached hydrogens (primary N) is 1. The molecule has 8 nitrogen and oxygen atoms in total. The molecule has 0 amide bonds. The molecule has 3 aromatic heterocycles. The fourth-order valence-corrected chi connectivity index (χ4v) is 3.21. The van der Waals surface area contributed by atoms with E-state index in [1.165, 1.54) is 6.33 Å². The zero-order chi connectivity index (χ0) is 20.9. The second-order valence-electron chi connectivity index (χ2n) is 6.45. The molecule has 0 bridgehead atoms. The number of fused-ring (bicyclic) bond motifs is 1. The van der Waals surface area contributed by atoms with E-state index in [-0.39, 0.29) is 11.4 Å². The molecule has 0 aliphatic carbocycles. The molecule has 30 heavy (non-hydrogen) atoms. The summed E-state index contributed by atoms with van der Waals surface area (Å²) < 4.78 is 0. The van der Waals surface area contributed by atoms with E-state index in [4.69, 9.17) is 10.7 Å². The molecule has 3 heterocycles. The minimum atomic E-state index is 0.136. The van der Waals surface area contributed by atoms with Crippen LogP contribution in [-0.2, 0) is 6.42 Å². The molecule has 0 saturated heterocycles. The van der Waals surface area contributed by atoms with E-state index in [0.29, 0.717) is 24.3 Å². The Morgan fingerprint density at radius 3 is 2.67 bits per heavy atom. The molecule has 144 valence electrons. The average molecular weight is 392 g/mol. The smallest absolute Gasteiger partial charge is 0.149 e. The normalized spacial score (nSPS) is 10.3. The van der Waals surface area contributed by atoms with E-state index < -0.39 is 0 Å². The highest BCUT2D eigenvalue weighted by atomic mass is 15.0. The SMILES string of the molecule is N#Cc1c(N)ncnc1NCCc1nc2cccc(C#N)c2cc1-c1ccccn1. The van der Waals surface area contributed by atoms with Crippen molar-refractivity contribution < 1.29 is 0 Å². The number of pyridine rings is 2. The topological polar surface area (TPSA) is 137 Å². The molecule has 1 aromatic carbocycles. The lowest BCUT2D eigenvalue weighted by Crippen LogP contribution is -2.11. The molecular weight excluding hydrogens is 376 g/mol. The van der Waals surface area contributed by atoms with Crippen molar-refractivity contribution >= 4 is 22.5 Å². The number of rotatable bonds is 5. The van der Waals surface area contributed by atoms with Crippen molar-refractivity contribution in [1.29, 1.82) is 10.5 Å². The third-order valence-corrected chi connectivity index (χ3v) is 4.64. The van der Waals surface area contributed by atoms with Gasteiger partial charge in [0.25, 0.3) is 0 Å². The first-order valence-electron chi connectivity index (χ1n) is 9.20. The number of nitrogen functional groups attached to an aromatic ring is 1. The summed E-state index contributed by atoms with van der Waals surface area (Å²) in [6, 6.07) is 17.3. The lowest BCUT2D eigenvalue weighted by molar-refractivity contribution is 0.960. The van der Waals surface area contributed by atoms with E-state index in [9.17, 15) is 10.5 Å². The highest BCUT2D eigenvalue weighted by Crippen LogP contribution is 2.27. The van der Waals surface area contributed by atoms with Crippen LogP contribution in [0, 0.1) is 22.7 Å². The van der Waals surface area contributed by atoms with Crippen LogP contribution in [-0.4, -0.2) is 26.5 Å². The van der Waals surface area contributed by atoms with Crippen LogP contribution in [0.1, 0.15) is 16.8 Å². The van der Waals surface area contributed by atoms with Crippen molar-refractivity contribution in [3.63, 3.8) is 0 Å². The van der Waals surface area contributed by atoms with E-state index in [1.807, 2.05) is 42.5 Å². The fraction of sp³-hybridized carbons (Fsp3) is 0.0909. The van der Waals surface area contributed by atoms with Gasteiger partial charge in [-0.3, -0.25) is 9.97 Å². The predicted molar refractivity (Wildman–Crippen MR) is 113 cm³/mol. The van der Waals surface area contributed by atoms with Gasteiger partial charge in [0, 0.05) is 30.1 Å². The largest absolute Gasteiger partial charge is 0.382 e. The summed E-state index contributed by atoms with van der Waals surface area (Å²) in [7, 11) is 0. The highest BCUT2D eigenvalue weighted by Gasteiger charge is 2.13. The molecule has 0 aliphatic rings. The Hall–Kier alpha value is -4.56. The zero-order valence-corrected chi connectivity index (χ0v) is 15.9. The predicted octanol–water partition coefficient (Wildman–Crippen LogP) is 3.07. The van der Waals surface area contributed by atoms with E-state index in [0.717, 1.165) is 27.9 Å². The monoisotopic (exact) mass is 392 g/mol. The molecular formula is C22H16N8. The molecule has 0 spiro atoms. The molecule has 0 saturated carbocycles. The first-order valence-corrected chi connectivity index (χ1v) is 9.20. The number of benzene rings is 1. The third-order valence-electron chi connectivity index (χ3n) is 4.64. The summed E-state index contributed by atoms with van der Waals surface area (Å²) in [5.41, 5.74) is 9.73. The minimum absolute atomic E-state index is 0.136. The molecule has 0 unspecified atom stereocenters. The minimum Gasteiger partial charge on any atom is -0.382 e. The number of nitrogens with one attached hydrogen (secondary N) is 1. The number of aromatic nitrogens is 4. The maximum absolute atomic E-state index is 9.45. The van der Waals surface area contributed by atoms with Crippen LogP contribution < -0.4 is 11.1 Å². The second-order valence-corrected chi connectivity index (χ2v) is 6.45. The van der Waals surface area contributed by atoms with Crippen molar-refractivity contribution in [3.05, 3.63) is 71.8 Å². The van der Waals surface area contributed by atoms with Crippen LogP contribution in [0.5, 0.6) is 0 Å². The molecule has 4 aromatic rings. The average Bonchev–Trinajstić information content (AvgIpc) is 2.79. The Bertz CT molecular complexity index is 1300. The van der Waals surface area contributed by atoms with Crippen LogP contribution in [0.3, 0.4) is 0 Å². The van der Waals surface area contributed by atoms with Gasteiger partial charge in [-0.1, -0.05) is 12.1 Å². The van der Waals surface area contributed by atoms with Crippen molar-refractivity contribution in [3.8, 4) is 23.4 Å². The van der Waals surface area contributed by atoms with Gasteiger partial charge in [-0.15, -0.1) is 0 Å². The Labute approximate surface area is 172 Å².